The van der Waals surface area contributed by atoms with Crippen LogP contribution in [0.4, 0.5) is 0 Å². The van der Waals surface area contributed by atoms with E-state index in [4.69, 9.17) is 4.42 Å². The Labute approximate surface area is 134 Å². The van der Waals surface area contributed by atoms with E-state index in [9.17, 15) is 13.2 Å². The Morgan fingerprint density at radius 2 is 2.35 bits per heavy atom. The first-order chi connectivity index (χ1) is 11.0. The molecule has 1 unspecified atom stereocenters. The number of amides is 1. The van der Waals surface area contributed by atoms with E-state index in [-0.39, 0.29) is 31.3 Å². The quantitative estimate of drug-likeness (QED) is 0.856. The smallest absolute Gasteiger partial charge is 0.244 e. The van der Waals surface area contributed by atoms with Crippen LogP contribution in [-0.2, 0) is 27.9 Å². The molecule has 0 saturated heterocycles. The molecule has 0 spiro atoms. The number of fused-ring (bicyclic) bond motifs is 1. The van der Waals surface area contributed by atoms with Crippen LogP contribution in [0.5, 0.6) is 0 Å². The molecule has 1 N–H and O–H groups in total. The monoisotopic (exact) mass is 338 g/mol. The number of carbonyl (C=O) groups is 1. The number of rotatable bonds is 5. The van der Waals surface area contributed by atoms with Crippen molar-refractivity contribution in [3.63, 3.8) is 0 Å². The number of carbonyl (C=O) groups excluding carboxylic acids is 1. The van der Waals surface area contributed by atoms with Gasteiger partial charge in [0.1, 0.15) is 11.8 Å². The topological polar surface area (TPSA) is 97.4 Å². The Balaban J connectivity index is 1.78. The molecule has 124 valence electrons. The third-order valence-corrected chi connectivity index (χ3v) is 5.67. The third kappa shape index (κ3) is 3.15. The lowest BCUT2D eigenvalue weighted by atomic mass is 10.2. The van der Waals surface area contributed by atoms with Crippen molar-refractivity contribution >= 4 is 15.9 Å². The maximum atomic E-state index is 12.5. The lowest BCUT2D eigenvalue weighted by Gasteiger charge is -2.32. The summed E-state index contributed by atoms with van der Waals surface area (Å²) >= 11 is 0. The van der Waals surface area contributed by atoms with Crippen molar-refractivity contribution in [2.75, 3.05) is 12.3 Å². The van der Waals surface area contributed by atoms with Crippen molar-refractivity contribution < 1.29 is 17.6 Å². The zero-order valence-electron chi connectivity index (χ0n) is 12.7. The van der Waals surface area contributed by atoms with Crippen LogP contribution in [0.15, 0.2) is 35.3 Å². The highest BCUT2D eigenvalue weighted by Gasteiger charge is 2.34. The summed E-state index contributed by atoms with van der Waals surface area (Å²) in [4.78, 5) is 16.5. The van der Waals surface area contributed by atoms with E-state index in [0.717, 1.165) is 0 Å². The number of hydrogen-bond donors (Lipinski definition) is 1. The Morgan fingerprint density at radius 1 is 1.52 bits per heavy atom. The summed E-state index contributed by atoms with van der Waals surface area (Å²) in [6, 6.07) is 2.86. The van der Waals surface area contributed by atoms with Crippen LogP contribution in [0.3, 0.4) is 0 Å². The van der Waals surface area contributed by atoms with E-state index in [1.807, 2.05) is 0 Å². The molecule has 0 radical (unpaired) electrons. The lowest BCUT2D eigenvalue weighted by molar-refractivity contribution is -0.125. The van der Waals surface area contributed by atoms with Crippen molar-refractivity contribution in [2.45, 2.75) is 26.1 Å². The Kier molecular flexibility index (Phi) is 4.22. The van der Waals surface area contributed by atoms with Crippen molar-refractivity contribution in [2.24, 2.45) is 0 Å². The maximum Gasteiger partial charge on any atom is 0.244 e. The van der Waals surface area contributed by atoms with Crippen LogP contribution in [-0.4, -0.2) is 40.5 Å². The Hall–Kier alpha value is -2.13. The van der Waals surface area contributed by atoms with Gasteiger partial charge in [-0.1, -0.05) is 0 Å². The van der Waals surface area contributed by atoms with Gasteiger partial charge in [-0.05, 0) is 19.1 Å². The van der Waals surface area contributed by atoms with Crippen molar-refractivity contribution in [1.82, 2.24) is 19.2 Å². The highest BCUT2D eigenvalue weighted by Crippen LogP contribution is 2.23. The summed E-state index contributed by atoms with van der Waals surface area (Å²) in [5.74, 6) is 0.372. The number of hydrogen-bond acceptors (Lipinski definition) is 5. The van der Waals surface area contributed by atoms with Gasteiger partial charge in [-0.2, -0.15) is 4.31 Å². The minimum atomic E-state index is -3.37. The molecule has 1 aliphatic heterocycles. The van der Waals surface area contributed by atoms with Gasteiger partial charge in [-0.15, -0.1) is 0 Å². The second-order valence-corrected chi connectivity index (χ2v) is 7.56. The van der Waals surface area contributed by atoms with E-state index in [0.29, 0.717) is 11.5 Å². The first-order valence-corrected chi connectivity index (χ1v) is 8.91. The van der Waals surface area contributed by atoms with Crippen molar-refractivity contribution in [3.05, 3.63) is 42.4 Å². The lowest BCUT2D eigenvalue weighted by Crippen LogP contribution is -2.46. The predicted octanol–water partition coefficient (Wildman–Crippen LogP) is 0.499. The number of aromatic nitrogens is 2. The summed E-state index contributed by atoms with van der Waals surface area (Å²) in [6.07, 6.45) is 4.68. The van der Waals surface area contributed by atoms with Crippen LogP contribution in [0.2, 0.25) is 0 Å². The molecule has 0 fully saturated rings. The van der Waals surface area contributed by atoms with Gasteiger partial charge in [-0.25, -0.2) is 13.4 Å². The predicted molar refractivity (Wildman–Crippen MR) is 81.7 cm³/mol. The van der Waals surface area contributed by atoms with Gasteiger partial charge >= 0.3 is 0 Å². The Morgan fingerprint density at radius 3 is 3.04 bits per heavy atom. The highest BCUT2D eigenvalue weighted by molar-refractivity contribution is 7.89. The summed E-state index contributed by atoms with van der Waals surface area (Å²) < 4.78 is 32.5. The van der Waals surface area contributed by atoms with Gasteiger partial charge < -0.3 is 14.3 Å². The van der Waals surface area contributed by atoms with Gasteiger partial charge in [0, 0.05) is 12.7 Å². The maximum absolute atomic E-state index is 12.5. The van der Waals surface area contributed by atoms with Crippen molar-refractivity contribution in [3.8, 4) is 0 Å². The fraction of sp³-hybridized carbons (Fsp3) is 0.429. The van der Waals surface area contributed by atoms with E-state index in [1.54, 1.807) is 36.1 Å². The highest BCUT2D eigenvalue weighted by atomic mass is 32.2. The summed E-state index contributed by atoms with van der Waals surface area (Å²) in [7, 11) is -3.37. The number of sulfonamides is 1. The normalized spacial score (nSPS) is 18.6. The average molecular weight is 338 g/mol. The number of imidazole rings is 1. The number of furan rings is 1. The van der Waals surface area contributed by atoms with Gasteiger partial charge in [0.25, 0.3) is 0 Å². The van der Waals surface area contributed by atoms with Crippen LogP contribution >= 0.6 is 0 Å². The van der Waals surface area contributed by atoms with E-state index in [1.165, 1.54) is 10.6 Å². The van der Waals surface area contributed by atoms with E-state index in [2.05, 4.69) is 10.3 Å². The molecule has 0 bridgehead atoms. The second kappa shape index (κ2) is 6.17. The molecule has 0 aliphatic carbocycles. The molecular weight excluding hydrogens is 320 g/mol. The molecule has 2 aromatic rings. The van der Waals surface area contributed by atoms with E-state index < -0.39 is 16.1 Å². The number of nitrogens with one attached hydrogen (secondary N) is 1. The standard InChI is InChI=1S/C14H18N4O4S/c1-2-23(20,21)17-8-11-6-15-10-18(11)13(9-17)14(19)16-7-12-4-3-5-22-12/h3-6,10,13H,2,7-9H2,1H3,(H,16,19). The van der Waals surface area contributed by atoms with Crippen LogP contribution in [0.25, 0.3) is 0 Å². The molecule has 3 heterocycles. The van der Waals surface area contributed by atoms with Gasteiger partial charge in [0.15, 0.2) is 0 Å². The SMILES string of the molecule is CCS(=O)(=O)N1Cc2cncn2C(C(=O)NCc2ccco2)C1. The first kappa shape index (κ1) is 15.8. The van der Waals surface area contributed by atoms with Crippen LogP contribution in [0.1, 0.15) is 24.4 Å². The fourth-order valence-electron chi connectivity index (χ4n) is 2.57. The molecule has 23 heavy (non-hydrogen) atoms. The largest absolute Gasteiger partial charge is 0.467 e. The average Bonchev–Trinajstić information content (AvgIpc) is 3.22. The first-order valence-electron chi connectivity index (χ1n) is 7.30. The molecular formula is C14H18N4O4S. The Bertz CT molecular complexity index is 782. The molecule has 1 amide bonds. The van der Waals surface area contributed by atoms with E-state index >= 15 is 0 Å². The van der Waals surface area contributed by atoms with Gasteiger partial charge in [0.2, 0.25) is 15.9 Å². The molecule has 8 nitrogen and oxygen atoms in total. The minimum absolute atomic E-state index is 0.00186. The van der Waals surface area contributed by atoms with Crippen molar-refractivity contribution in [1.29, 1.82) is 0 Å². The number of nitrogens with zero attached hydrogens (tertiary/aromatic N) is 3. The minimum Gasteiger partial charge on any atom is -0.467 e. The molecule has 0 aromatic carbocycles. The van der Waals surface area contributed by atoms with Crippen LogP contribution in [0, 0.1) is 0 Å². The molecule has 1 atom stereocenters. The summed E-state index contributed by atoms with van der Waals surface area (Å²) in [5.41, 5.74) is 0.700. The molecule has 9 heteroatoms. The molecule has 1 aliphatic rings. The second-order valence-electron chi connectivity index (χ2n) is 5.30. The third-order valence-electron chi connectivity index (χ3n) is 3.87. The summed E-state index contributed by atoms with van der Waals surface area (Å²) in [6.45, 7) is 2.18. The zero-order valence-corrected chi connectivity index (χ0v) is 13.5. The zero-order chi connectivity index (χ0) is 16.4. The molecule has 3 rings (SSSR count). The fourth-order valence-corrected chi connectivity index (χ4v) is 3.63. The van der Waals surface area contributed by atoms with Crippen LogP contribution < -0.4 is 5.32 Å². The van der Waals surface area contributed by atoms with Gasteiger partial charge in [-0.3, -0.25) is 4.79 Å². The summed E-state index contributed by atoms with van der Waals surface area (Å²) in [5, 5.41) is 2.77. The van der Waals surface area contributed by atoms with Gasteiger partial charge in [0.05, 0.1) is 37.1 Å². The molecule has 2 aromatic heterocycles. The molecule has 0 saturated carbocycles.